The van der Waals surface area contributed by atoms with Crippen molar-refractivity contribution in [2.45, 2.75) is 0 Å². The maximum absolute atomic E-state index is 9.56. The van der Waals surface area contributed by atoms with Crippen LogP contribution in [0.3, 0.4) is 0 Å². The maximum atomic E-state index is 9.56. The molecule has 0 atom stereocenters. The van der Waals surface area contributed by atoms with Crippen LogP contribution in [0, 0.1) is 0 Å². The van der Waals surface area contributed by atoms with Gasteiger partial charge in [0.15, 0.2) is 11.6 Å². The summed E-state index contributed by atoms with van der Waals surface area (Å²) >= 11 is 5.11. The molecular weight excluding hydrogens is 244 g/mol. The van der Waals surface area contributed by atoms with Crippen LogP contribution >= 0.6 is 12.2 Å². The Morgan fingerprint density at radius 1 is 1.19 bits per heavy atom. The average Bonchev–Trinajstić information content (AvgIpc) is 2.90. The van der Waals surface area contributed by atoms with Gasteiger partial charge in [-0.2, -0.15) is 0 Å². The summed E-state index contributed by atoms with van der Waals surface area (Å²) in [5.41, 5.74) is 0. The van der Waals surface area contributed by atoms with Gasteiger partial charge >= 0.3 is 0 Å². The van der Waals surface area contributed by atoms with Crippen LogP contribution in [0.5, 0.6) is 0 Å². The molecule has 5 nitrogen and oxygen atoms in total. The number of nitrogens with one attached hydrogen (secondary N) is 2. The quantitative estimate of drug-likeness (QED) is 0.618. The van der Waals surface area contributed by atoms with Crippen LogP contribution in [-0.4, -0.2) is 41.5 Å². The molecule has 0 bridgehead atoms. The summed E-state index contributed by atoms with van der Waals surface area (Å²) in [6, 6.07) is 0. The number of rotatable bonds is 2. The molecule has 0 fully saturated rings. The molecule has 0 amide bonds. The topological polar surface area (TPSA) is 74.4 Å². The lowest BCUT2D eigenvalue weighted by Gasteiger charge is -1.93. The van der Waals surface area contributed by atoms with Crippen LogP contribution in [0.25, 0.3) is 0 Å². The first-order valence-corrected chi connectivity index (χ1v) is 6.77. The lowest BCUT2D eigenvalue weighted by molar-refractivity contribution is 0.690. The number of H-pyrrole nitrogens is 2. The molecule has 0 saturated heterocycles. The lowest BCUT2D eigenvalue weighted by atomic mass is 10.4. The van der Waals surface area contributed by atoms with Crippen molar-refractivity contribution in [2.24, 2.45) is 0 Å². The minimum absolute atomic E-state index is 0.602. The normalized spacial score (nSPS) is 9.69. The summed E-state index contributed by atoms with van der Waals surface area (Å²) < 4.78 is 9.56. The van der Waals surface area contributed by atoms with Crippen LogP contribution in [0.2, 0.25) is 0 Å². The Kier molecular flexibility index (Phi) is 5.00. The van der Waals surface area contributed by atoms with Crippen molar-refractivity contribution in [3.8, 4) is 0 Å². The molecule has 0 aromatic carbocycles. The molecule has 0 spiro atoms. The van der Waals surface area contributed by atoms with Crippen molar-refractivity contribution in [3.63, 3.8) is 0 Å². The molecule has 0 radical (unpaired) electrons. The van der Waals surface area contributed by atoms with E-state index in [0.717, 1.165) is 0 Å². The highest BCUT2D eigenvalue weighted by atomic mass is 32.2. The van der Waals surface area contributed by atoms with Gasteiger partial charge in [0.05, 0.1) is 0 Å². The lowest BCUT2D eigenvalue weighted by Crippen LogP contribution is -2.03. The molecule has 86 valence electrons. The molecule has 0 unspecified atom stereocenters. The minimum Gasteiger partial charge on any atom is -0.344 e. The van der Waals surface area contributed by atoms with E-state index in [0.29, 0.717) is 16.5 Å². The number of aromatic amines is 2. The van der Waals surface area contributed by atoms with Crippen molar-refractivity contribution in [2.75, 3.05) is 12.5 Å². The zero-order valence-corrected chi connectivity index (χ0v) is 10.6. The van der Waals surface area contributed by atoms with Crippen molar-refractivity contribution in [1.29, 1.82) is 0 Å². The van der Waals surface area contributed by atoms with E-state index in [2.05, 4.69) is 19.9 Å². The zero-order valence-electron chi connectivity index (χ0n) is 8.93. The van der Waals surface area contributed by atoms with Crippen molar-refractivity contribution >= 4 is 27.9 Å². The van der Waals surface area contributed by atoms with Gasteiger partial charge in [-0.15, -0.1) is 0 Å². The number of hydrogen-bond acceptors (Lipinski definition) is 4. The zero-order chi connectivity index (χ0) is 12.0. The van der Waals surface area contributed by atoms with Gasteiger partial charge in [-0.1, -0.05) is 12.2 Å². The van der Waals surface area contributed by atoms with E-state index in [1.54, 1.807) is 37.3 Å². The van der Waals surface area contributed by atoms with Crippen LogP contribution in [0.15, 0.2) is 24.8 Å². The highest BCUT2D eigenvalue weighted by Crippen LogP contribution is 2.00. The SMILES string of the molecule is CS(C)=O.S=C(c1ncc[nH]1)c1ncc[nH]1. The van der Waals surface area contributed by atoms with Crippen molar-refractivity contribution in [3.05, 3.63) is 36.4 Å². The van der Waals surface area contributed by atoms with E-state index in [1.807, 2.05) is 0 Å². The van der Waals surface area contributed by atoms with E-state index >= 15 is 0 Å². The summed E-state index contributed by atoms with van der Waals surface area (Å²) in [6.07, 6.45) is 10.0. The third-order valence-electron chi connectivity index (χ3n) is 1.43. The molecule has 2 rings (SSSR count). The molecule has 0 saturated carbocycles. The van der Waals surface area contributed by atoms with E-state index in [1.165, 1.54) is 0 Å². The van der Waals surface area contributed by atoms with Gasteiger partial charge < -0.3 is 9.97 Å². The molecule has 2 aromatic heterocycles. The summed E-state index contributed by atoms with van der Waals surface area (Å²) in [5, 5.41) is 0. The molecule has 7 heteroatoms. The van der Waals surface area contributed by atoms with E-state index < -0.39 is 10.8 Å². The first kappa shape index (κ1) is 12.7. The largest absolute Gasteiger partial charge is 0.344 e. The van der Waals surface area contributed by atoms with E-state index in [-0.39, 0.29) is 0 Å². The Labute approximate surface area is 101 Å². The van der Waals surface area contributed by atoms with Crippen LogP contribution in [0.1, 0.15) is 11.6 Å². The number of aromatic nitrogens is 4. The molecule has 2 N–H and O–H groups in total. The molecule has 16 heavy (non-hydrogen) atoms. The third-order valence-corrected chi connectivity index (χ3v) is 1.81. The Morgan fingerprint density at radius 2 is 1.56 bits per heavy atom. The predicted octanol–water partition coefficient (Wildman–Crippen LogP) is 0.894. The summed E-state index contributed by atoms with van der Waals surface area (Å²) in [6.45, 7) is 0. The Bertz CT molecular complexity index is 410. The number of hydrogen-bond donors (Lipinski definition) is 2. The fourth-order valence-corrected chi connectivity index (χ4v) is 1.11. The van der Waals surface area contributed by atoms with Gasteiger partial charge in [-0.3, -0.25) is 4.21 Å². The molecule has 2 heterocycles. The van der Waals surface area contributed by atoms with Crippen LogP contribution in [0.4, 0.5) is 0 Å². The maximum Gasteiger partial charge on any atom is 0.152 e. The summed E-state index contributed by atoms with van der Waals surface area (Å²) in [5.74, 6) is 1.33. The van der Waals surface area contributed by atoms with Crippen molar-refractivity contribution < 1.29 is 4.21 Å². The second-order valence-corrected chi connectivity index (χ2v) is 4.84. The third kappa shape index (κ3) is 4.03. The second-order valence-electron chi connectivity index (χ2n) is 2.95. The van der Waals surface area contributed by atoms with Gasteiger partial charge in [0.2, 0.25) is 0 Å². The minimum atomic E-state index is -0.611. The van der Waals surface area contributed by atoms with Gasteiger partial charge in [0.1, 0.15) is 4.86 Å². The fourth-order valence-electron chi connectivity index (χ4n) is 0.891. The number of thiocarbonyl (C=S) groups is 1. The number of nitrogens with zero attached hydrogens (tertiary/aromatic N) is 2. The smallest absolute Gasteiger partial charge is 0.152 e. The highest BCUT2D eigenvalue weighted by molar-refractivity contribution is 7.83. The van der Waals surface area contributed by atoms with E-state index in [4.69, 9.17) is 12.2 Å². The van der Waals surface area contributed by atoms with Crippen LogP contribution < -0.4 is 0 Å². The Morgan fingerprint density at radius 3 is 1.81 bits per heavy atom. The van der Waals surface area contributed by atoms with Gasteiger partial charge in [-0.05, 0) is 0 Å². The molecule has 0 aliphatic heterocycles. The predicted molar refractivity (Wildman–Crippen MR) is 68.0 cm³/mol. The highest BCUT2D eigenvalue weighted by Gasteiger charge is 2.07. The van der Waals surface area contributed by atoms with Gasteiger partial charge in [-0.25, -0.2) is 9.97 Å². The Hall–Kier alpha value is -1.34. The fraction of sp³-hybridized carbons (Fsp3) is 0.222. The first-order valence-electron chi connectivity index (χ1n) is 4.39. The van der Waals surface area contributed by atoms with Gasteiger partial charge in [0.25, 0.3) is 0 Å². The second kappa shape index (κ2) is 6.29. The molecule has 2 aromatic rings. The molecular formula is C9H12N4OS2. The summed E-state index contributed by atoms with van der Waals surface area (Å²) in [7, 11) is -0.611. The van der Waals surface area contributed by atoms with Crippen LogP contribution in [-0.2, 0) is 10.8 Å². The standard InChI is InChI=1S/C7H6N4S.C2H6OS/c12-5(6-8-1-2-9-6)7-10-3-4-11-7;1-4(2)3/h1-4H,(H,8,9)(H,10,11);1-2H3. The van der Waals surface area contributed by atoms with E-state index in [9.17, 15) is 4.21 Å². The van der Waals surface area contributed by atoms with Gasteiger partial charge in [0, 0.05) is 48.1 Å². The molecule has 0 aliphatic carbocycles. The monoisotopic (exact) mass is 256 g/mol. The first-order chi connectivity index (χ1) is 7.61. The van der Waals surface area contributed by atoms with Crippen molar-refractivity contribution in [1.82, 2.24) is 19.9 Å². The number of imidazole rings is 2. The average molecular weight is 256 g/mol. The molecule has 0 aliphatic rings. The summed E-state index contributed by atoms with van der Waals surface area (Å²) in [4.78, 5) is 14.5. The Balaban J connectivity index is 0.000000280.